The van der Waals surface area contributed by atoms with E-state index in [-0.39, 0.29) is 24.0 Å². The summed E-state index contributed by atoms with van der Waals surface area (Å²) in [5.41, 5.74) is 0.581. The lowest BCUT2D eigenvalue weighted by Crippen LogP contribution is -2.35. The van der Waals surface area contributed by atoms with Gasteiger partial charge in [0.1, 0.15) is 5.82 Å². The molecule has 1 aromatic rings. The predicted octanol–water partition coefficient (Wildman–Crippen LogP) is 1.99. The summed E-state index contributed by atoms with van der Waals surface area (Å²) >= 11 is 0. The Morgan fingerprint density at radius 2 is 2.05 bits per heavy atom. The Morgan fingerprint density at radius 3 is 2.45 bits per heavy atom. The van der Waals surface area contributed by atoms with Crippen molar-refractivity contribution in [2.24, 2.45) is 5.41 Å². The molecule has 5 nitrogen and oxygen atoms in total. The molecule has 0 saturated carbocycles. The highest BCUT2D eigenvalue weighted by Crippen LogP contribution is 2.24. The number of nitrogens with zero attached hydrogens (tertiary/aromatic N) is 2. The smallest absolute Gasteiger partial charge is 0.254 e. The molecule has 0 radical (unpaired) electrons. The van der Waals surface area contributed by atoms with E-state index in [2.05, 4.69) is 31.1 Å². The standard InChI is InChI=1S/C15H25N3O2/c1-15(2,3)12(8-9-19)17-13-7-6-11(10-16-13)14(20)18(4)5/h6-7,10,12,19H,8-9H2,1-5H3,(H,16,17). The second-order valence-corrected chi connectivity index (χ2v) is 6.21. The Labute approximate surface area is 121 Å². The zero-order valence-electron chi connectivity index (χ0n) is 13.0. The van der Waals surface area contributed by atoms with Gasteiger partial charge < -0.3 is 15.3 Å². The van der Waals surface area contributed by atoms with E-state index >= 15 is 0 Å². The average Bonchev–Trinajstić information content (AvgIpc) is 2.37. The molecule has 0 aliphatic heterocycles. The van der Waals surface area contributed by atoms with Crippen LogP contribution in [0.15, 0.2) is 18.3 Å². The van der Waals surface area contributed by atoms with Gasteiger partial charge in [-0.25, -0.2) is 4.98 Å². The summed E-state index contributed by atoms with van der Waals surface area (Å²) in [4.78, 5) is 17.6. The van der Waals surface area contributed by atoms with E-state index in [1.807, 2.05) is 0 Å². The highest BCUT2D eigenvalue weighted by molar-refractivity contribution is 5.93. The van der Waals surface area contributed by atoms with Gasteiger partial charge in [0.2, 0.25) is 0 Å². The molecule has 2 N–H and O–H groups in total. The lowest BCUT2D eigenvalue weighted by atomic mass is 9.85. The first-order valence-electron chi connectivity index (χ1n) is 6.81. The van der Waals surface area contributed by atoms with Crippen LogP contribution in [-0.4, -0.2) is 47.6 Å². The summed E-state index contributed by atoms with van der Waals surface area (Å²) < 4.78 is 0. The first-order chi connectivity index (χ1) is 9.25. The minimum atomic E-state index is -0.0632. The third-order valence-corrected chi connectivity index (χ3v) is 3.20. The number of aromatic nitrogens is 1. The van der Waals surface area contributed by atoms with Crippen LogP contribution in [0.5, 0.6) is 0 Å². The van der Waals surface area contributed by atoms with Crippen molar-refractivity contribution in [3.05, 3.63) is 23.9 Å². The summed E-state index contributed by atoms with van der Waals surface area (Å²) in [6.07, 6.45) is 2.23. The fourth-order valence-electron chi connectivity index (χ4n) is 1.89. The van der Waals surface area contributed by atoms with Crippen molar-refractivity contribution < 1.29 is 9.90 Å². The number of hydrogen-bond donors (Lipinski definition) is 2. The van der Waals surface area contributed by atoms with E-state index in [9.17, 15) is 4.79 Å². The minimum Gasteiger partial charge on any atom is -0.396 e. The number of pyridine rings is 1. The molecule has 1 rings (SSSR count). The van der Waals surface area contributed by atoms with Gasteiger partial charge in [-0.1, -0.05) is 20.8 Å². The second kappa shape index (κ2) is 6.70. The van der Waals surface area contributed by atoms with Crippen molar-refractivity contribution in [1.29, 1.82) is 0 Å². The van der Waals surface area contributed by atoms with Crippen molar-refractivity contribution in [2.75, 3.05) is 26.0 Å². The lowest BCUT2D eigenvalue weighted by Gasteiger charge is -2.31. The van der Waals surface area contributed by atoms with Crippen LogP contribution in [0, 0.1) is 5.41 Å². The summed E-state index contributed by atoms with van der Waals surface area (Å²) in [7, 11) is 3.43. The molecule has 0 aromatic carbocycles. The van der Waals surface area contributed by atoms with Crippen LogP contribution < -0.4 is 5.32 Å². The zero-order chi connectivity index (χ0) is 15.3. The monoisotopic (exact) mass is 279 g/mol. The highest BCUT2D eigenvalue weighted by Gasteiger charge is 2.24. The van der Waals surface area contributed by atoms with E-state index in [1.54, 1.807) is 32.4 Å². The Bertz CT molecular complexity index is 435. The maximum Gasteiger partial charge on any atom is 0.254 e. The van der Waals surface area contributed by atoms with Gasteiger partial charge in [0.15, 0.2) is 0 Å². The highest BCUT2D eigenvalue weighted by atomic mass is 16.3. The molecule has 0 fully saturated rings. The van der Waals surface area contributed by atoms with Crippen LogP contribution >= 0.6 is 0 Å². The van der Waals surface area contributed by atoms with E-state index in [0.717, 1.165) is 0 Å². The normalized spacial score (nSPS) is 12.9. The number of aliphatic hydroxyl groups is 1. The van der Waals surface area contributed by atoms with E-state index in [4.69, 9.17) is 5.11 Å². The molecule has 20 heavy (non-hydrogen) atoms. The molecule has 1 amide bonds. The first kappa shape index (κ1) is 16.4. The Balaban J connectivity index is 2.80. The fraction of sp³-hybridized carbons (Fsp3) is 0.600. The molecule has 0 aliphatic carbocycles. The molecule has 0 aliphatic rings. The van der Waals surface area contributed by atoms with Crippen LogP contribution in [0.1, 0.15) is 37.6 Å². The number of carbonyl (C=O) groups is 1. The molecular formula is C15H25N3O2. The van der Waals surface area contributed by atoms with Gasteiger partial charge in [-0.2, -0.15) is 0 Å². The molecule has 1 heterocycles. The molecule has 0 spiro atoms. The van der Waals surface area contributed by atoms with Gasteiger partial charge >= 0.3 is 0 Å². The van der Waals surface area contributed by atoms with Crippen molar-refractivity contribution in [3.63, 3.8) is 0 Å². The van der Waals surface area contributed by atoms with Gasteiger partial charge in [-0.15, -0.1) is 0 Å². The summed E-state index contributed by atoms with van der Waals surface area (Å²) in [6.45, 7) is 6.48. The quantitative estimate of drug-likeness (QED) is 0.865. The van der Waals surface area contributed by atoms with E-state index in [1.165, 1.54) is 4.90 Å². The molecule has 5 heteroatoms. The number of anilines is 1. The van der Waals surface area contributed by atoms with Crippen LogP contribution in [0.2, 0.25) is 0 Å². The Kier molecular flexibility index (Phi) is 5.51. The summed E-state index contributed by atoms with van der Waals surface area (Å²) in [5.74, 6) is 0.653. The van der Waals surface area contributed by atoms with E-state index in [0.29, 0.717) is 17.8 Å². The Morgan fingerprint density at radius 1 is 1.40 bits per heavy atom. The number of rotatable bonds is 5. The average molecular weight is 279 g/mol. The summed E-state index contributed by atoms with van der Waals surface area (Å²) in [5, 5.41) is 12.5. The third kappa shape index (κ3) is 4.49. The minimum absolute atomic E-state index is 0.0164. The van der Waals surface area contributed by atoms with Crippen molar-refractivity contribution in [3.8, 4) is 0 Å². The van der Waals surface area contributed by atoms with Crippen LogP contribution in [0.4, 0.5) is 5.82 Å². The molecule has 1 aromatic heterocycles. The number of hydrogen-bond acceptors (Lipinski definition) is 4. The van der Waals surface area contributed by atoms with Gasteiger partial charge in [0, 0.05) is 32.9 Å². The number of carbonyl (C=O) groups excluding carboxylic acids is 1. The lowest BCUT2D eigenvalue weighted by molar-refractivity contribution is 0.0827. The molecule has 1 unspecified atom stereocenters. The van der Waals surface area contributed by atoms with Crippen LogP contribution in [0.3, 0.4) is 0 Å². The topological polar surface area (TPSA) is 65.5 Å². The molecular weight excluding hydrogens is 254 g/mol. The molecule has 0 saturated heterocycles. The zero-order valence-corrected chi connectivity index (χ0v) is 13.0. The second-order valence-electron chi connectivity index (χ2n) is 6.21. The third-order valence-electron chi connectivity index (χ3n) is 3.20. The predicted molar refractivity (Wildman–Crippen MR) is 80.8 cm³/mol. The molecule has 112 valence electrons. The SMILES string of the molecule is CN(C)C(=O)c1ccc(NC(CCO)C(C)(C)C)nc1. The van der Waals surface area contributed by atoms with Gasteiger partial charge in [0.25, 0.3) is 5.91 Å². The van der Waals surface area contributed by atoms with E-state index < -0.39 is 0 Å². The maximum absolute atomic E-state index is 11.8. The number of amides is 1. The first-order valence-corrected chi connectivity index (χ1v) is 6.81. The van der Waals surface area contributed by atoms with Crippen LogP contribution in [0.25, 0.3) is 0 Å². The largest absolute Gasteiger partial charge is 0.396 e. The molecule has 0 bridgehead atoms. The van der Waals surface area contributed by atoms with Gasteiger partial charge in [-0.3, -0.25) is 4.79 Å². The molecule has 1 atom stereocenters. The van der Waals surface area contributed by atoms with Crippen molar-refractivity contribution in [2.45, 2.75) is 33.2 Å². The number of nitrogens with one attached hydrogen (secondary N) is 1. The number of aliphatic hydroxyl groups excluding tert-OH is 1. The maximum atomic E-state index is 11.8. The van der Waals surface area contributed by atoms with Gasteiger partial charge in [0.05, 0.1) is 5.56 Å². The van der Waals surface area contributed by atoms with Gasteiger partial charge in [-0.05, 0) is 24.0 Å². The fourth-order valence-corrected chi connectivity index (χ4v) is 1.89. The van der Waals surface area contributed by atoms with Crippen molar-refractivity contribution in [1.82, 2.24) is 9.88 Å². The Hall–Kier alpha value is -1.62. The van der Waals surface area contributed by atoms with Crippen LogP contribution in [-0.2, 0) is 0 Å². The summed E-state index contributed by atoms with van der Waals surface area (Å²) in [6, 6.07) is 3.68. The van der Waals surface area contributed by atoms with Crippen molar-refractivity contribution >= 4 is 11.7 Å².